The largest absolute Gasteiger partial charge is 0.322 e. The molecule has 152 valence electrons. The maximum Gasteiger partial charge on any atom is 0.255 e. The average Bonchev–Trinajstić information content (AvgIpc) is 3.40. The van der Waals surface area contributed by atoms with Gasteiger partial charge in [0.15, 0.2) is 0 Å². The Labute approximate surface area is 171 Å². The second kappa shape index (κ2) is 6.61. The lowest BCUT2D eigenvalue weighted by molar-refractivity contribution is -0.136. The molecule has 2 aliphatic heterocycles. The van der Waals surface area contributed by atoms with Crippen LogP contribution in [0.2, 0.25) is 0 Å². The zero-order valence-electron chi connectivity index (χ0n) is 16.5. The van der Waals surface area contributed by atoms with Crippen LogP contribution < -0.4 is 5.32 Å². The molecule has 2 aliphatic rings. The highest BCUT2D eigenvalue weighted by atomic mass is 16.2. The number of aromatic nitrogens is 5. The van der Waals surface area contributed by atoms with Gasteiger partial charge in [0.25, 0.3) is 5.91 Å². The number of aryl methyl sites for hydroxylation is 2. The van der Waals surface area contributed by atoms with Gasteiger partial charge in [0.1, 0.15) is 11.7 Å². The third-order valence-corrected chi connectivity index (χ3v) is 5.63. The first kappa shape index (κ1) is 18.2. The molecule has 2 aromatic heterocycles. The van der Waals surface area contributed by atoms with Crippen LogP contribution in [0.1, 0.15) is 34.3 Å². The Morgan fingerprint density at radius 1 is 1.20 bits per heavy atom. The van der Waals surface area contributed by atoms with Gasteiger partial charge in [-0.3, -0.25) is 24.4 Å². The van der Waals surface area contributed by atoms with Crippen LogP contribution in [0.4, 0.5) is 0 Å². The van der Waals surface area contributed by atoms with Gasteiger partial charge in [-0.15, -0.1) is 5.10 Å². The van der Waals surface area contributed by atoms with Crippen molar-refractivity contribution in [2.75, 3.05) is 0 Å². The highest BCUT2D eigenvalue weighted by Gasteiger charge is 2.39. The molecule has 3 aromatic rings. The van der Waals surface area contributed by atoms with Crippen molar-refractivity contribution in [3.05, 3.63) is 47.3 Å². The summed E-state index contributed by atoms with van der Waals surface area (Å²) in [6, 6.07) is 4.87. The topological polar surface area (TPSA) is 115 Å². The molecule has 5 rings (SSSR count). The molecule has 1 unspecified atom stereocenters. The predicted molar refractivity (Wildman–Crippen MR) is 104 cm³/mol. The number of benzene rings is 1. The Balaban J connectivity index is 1.43. The summed E-state index contributed by atoms with van der Waals surface area (Å²) >= 11 is 0. The highest BCUT2D eigenvalue weighted by Crippen LogP contribution is 2.29. The molecule has 1 fully saturated rings. The molecule has 1 saturated heterocycles. The first-order valence-electron chi connectivity index (χ1n) is 9.61. The Bertz CT molecular complexity index is 1190. The lowest BCUT2D eigenvalue weighted by atomic mass is 10.0. The van der Waals surface area contributed by atoms with Crippen molar-refractivity contribution in [3.63, 3.8) is 0 Å². The number of carbonyl (C=O) groups excluding carboxylic acids is 3. The molecule has 0 radical (unpaired) electrons. The molecular formula is C20H19N7O3. The minimum Gasteiger partial charge on any atom is -0.322 e. The van der Waals surface area contributed by atoms with E-state index in [9.17, 15) is 14.4 Å². The molecule has 0 bridgehead atoms. The van der Waals surface area contributed by atoms with Gasteiger partial charge in [0.2, 0.25) is 11.8 Å². The number of fused-ring (bicyclic) bond motifs is 1. The summed E-state index contributed by atoms with van der Waals surface area (Å²) in [5, 5.41) is 15.0. The SMILES string of the molecule is Cc1cnn(C)c1-c1cn(-c2ccc3c(c2)C(=O)N(C2CCC(=O)NC2=O)C3)nn1. The smallest absolute Gasteiger partial charge is 0.255 e. The van der Waals surface area contributed by atoms with Crippen molar-refractivity contribution in [2.45, 2.75) is 32.4 Å². The number of nitrogens with zero attached hydrogens (tertiary/aromatic N) is 6. The molecule has 1 N–H and O–H groups in total. The molecule has 30 heavy (non-hydrogen) atoms. The van der Waals surface area contributed by atoms with Crippen molar-refractivity contribution in [2.24, 2.45) is 7.05 Å². The van der Waals surface area contributed by atoms with Crippen LogP contribution in [-0.2, 0) is 23.2 Å². The number of hydrogen-bond acceptors (Lipinski definition) is 6. The molecule has 0 spiro atoms. The van der Waals surface area contributed by atoms with Crippen molar-refractivity contribution in [1.29, 1.82) is 0 Å². The van der Waals surface area contributed by atoms with Gasteiger partial charge in [-0.2, -0.15) is 5.10 Å². The normalized spacial score (nSPS) is 18.7. The molecule has 0 aliphatic carbocycles. The van der Waals surface area contributed by atoms with Crippen LogP contribution >= 0.6 is 0 Å². The van der Waals surface area contributed by atoms with E-state index in [-0.39, 0.29) is 18.2 Å². The minimum atomic E-state index is -0.628. The number of carbonyl (C=O) groups is 3. The summed E-state index contributed by atoms with van der Waals surface area (Å²) in [6.07, 6.45) is 4.14. The van der Waals surface area contributed by atoms with Crippen molar-refractivity contribution >= 4 is 17.7 Å². The lowest BCUT2D eigenvalue weighted by Crippen LogP contribution is -2.52. The third kappa shape index (κ3) is 2.79. The van der Waals surface area contributed by atoms with E-state index in [1.54, 1.807) is 27.8 Å². The van der Waals surface area contributed by atoms with Crippen LogP contribution in [-0.4, -0.2) is 53.4 Å². The molecule has 3 amide bonds. The quantitative estimate of drug-likeness (QED) is 0.643. The fourth-order valence-corrected chi connectivity index (χ4v) is 4.10. The Morgan fingerprint density at radius 2 is 2.03 bits per heavy atom. The Hall–Kier alpha value is -3.82. The minimum absolute atomic E-state index is 0.218. The fourth-order valence-electron chi connectivity index (χ4n) is 4.10. The highest BCUT2D eigenvalue weighted by molar-refractivity contribution is 6.05. The third-order valence-electron chi connectivity index (χ3n) is 5.63. The van der Waals surface area contributed by atoms with Gasteiger partial charge in [-0.05, 0) is 36.6 Å². The summed E-state index contributed by atoms with van der Waals surface area (Å²) in [5.41, 5.74) is 4.63. The number of imide groups is 1. The van der Waals surface area contributed by atoms with E-state index in [0.717, 1.165) is 16.8 Å². The first-order valence-corrected chi connectivity index (χ1v) is 9.61. The van der Waals surface area contributed by atoms with E-state index < -0.39 is 11.9 Å². The zero-order valence-corrected chi connectivity index (χ0v) is 16.5. The summed E-state index contributed by atoms with van der Waals surface area (Å²) in [7, 11) is 1.85. The van der Waals surface area contributed by atoms with Crippen LogP contribution in [0, 0.1) is 6.92 Å². The van der Waals surface area contributed by atoms with Gasteiger partial charge < -0.3 is 4.90 Å². The van der Waals surface area contributed by atoms with E-state index in [4.69, 9.17) is 0 Å². The molecule has 10 heteroatoms. The maximum absolute atomic E-state index is 13.0. The van der Waals surface area contributed by atoms with E-state index in [2.05, 4.69) is 20.7 Å². The van der Waals surface area contributed by atoms with E-state index in [0.29, 0.717) is 29.9 Å². The first-order chi connectivity index (χ1) is 14.4. The van der Waals surface area contributed by atoms with Gasteiger partial charge in [-0.1, -0.05) is 11.3 Å². The van der Waals surface area contributed by atoms with E-state index in [1.807, 2.05) is 26.1 Å². The second-order valence-corrected chi connectivity index (χ2v) is 7.59. The summed E-state index contributed by atoms with van der Waals surface area (Å²) in [6.45, 7) is 2.30. The Kier molecular flexibility index (Phi) is 4.02. The fraction of sp³-hybridized carbons (Fsp3) is 0.300. The second-order valence-electron chi connectivity index (χ2n) is 7.59. The molecule has 4 heterocycles. The number of nitrogens with one attached hydrogen (secondary N) is 1. The van der Waals surface area contributed by atoms with Crippen LogP contribution in [0.15, 0.2) is 30.6 Å². The zero-order chi connectivity index (χ0) is 21.0. The number of rotatable bonds is 3. The summed E-state index contributed by atoms with van der Waals surface area (Å²) < 4.78 is 3.36. The molecule has 1 aromatic carbocycles. The molecule has 10 nitrogen and oxygen atoms in total. The molecule has 0 saturated carbocycles. The number of amides is 3. The van der Waals surface area contributed by atoms with Crippen molar-refractivity contribution < 1.29 is 14.4 Å². The standard InChI is InChI=1S/C20H19N7O3/c1-11-8-21-25(2)18(11)15-10-27(24-23-15)13-4-3-12-9-26(20(30)14(12)7-13)16-5-6-17(28)22-19(16)29/h3-4,7-8,10,16H,5-6,9H2,1-2H3,(H,22,28,29). The maximum atomic E-state index is 13.0. The Morgan fingerprint density at radius 3 is 2.77 bits per heavy atom. The van der Waals surface area contributed by atoms with Gasteiger partial charge in [0.05, 0.1) is 23.8 Å². The van der Waals surface area contributed by atoms with Crippen LogP contribution in [0.3, 0.4) is 0 Å². The molecular weight excluding hydrogens is 386 g/mol. The number of hydrogen-bond donors (Lipinski definition) is 1. The summed E-state index contributed by atoms with van der Waals surface area (Å²) in [5.74, 6) is -0.933. The lowest BCUT2D eigenvalue weighted by Gasteiger charge is -2.29. The van der Waals surface area contributed by atoms with E-state index >= 15 is 0 Å². The van der Waals surface area contributed by atoms with Crippen LogP contribution in [0.5, 0.6) is 0 Å². The monoisotopic (exact) mass is 405 g/mol. The van der Waals surface area contributed by atoms with Crippen LogP contribution in [0.25, 0.3) is 17.1 Å². The van der Waals surface area contributed by atoms with Gasteiger partial charge in [0, 0.05) is 25.6 Å². The molecule has 1 atom stereocenters. The van der Waals surface area contributed by atoms with Gasteiger partial charge in [-0.25, -0.2) is 4.68 Å². The van der Waals surface area contributed by atoms with Gasteiger partial charge >= 0.3 is 0 Å². The van der Waals surface area contributed by atoms with Crippen molar-refractivity contribution in [1.82, 2.24) is 35.0 Å². The predicted octanol–water partition coefficient (Wildman–Crippen LogP) is 0.737. The summed E-state index contributed by atoms with van der Waals surface area (Å²) in [4.78, 5) is 38.1. The number of piperidine rings is 1. The van der Waals surface area contributed by atoms with E-state index in [1.165, 1.54) is 4.90 Å². The average molecular weight is 405 g/mol. The van der Waals surface area contributed by atoms with Crippen molar-refractivity contribution in [3.8, 4) is 17.1 Å².